The smallest absolute Gasteiger partial charge is 0.206 e. The Bertz CT molecular complexity index is 399. The third kappa shape index (κ3) is 2.73. The molecule has 3 atom stereocenters. The molecule has 0 spiro atoms. The van der Waals surface area contributed by atoms with Crippen LogP contribution >= 0.6 is 0 Å². The number of quaternary nitrogens is 1. The third-order valence-corrected chi connectivity index (χ3v) is 2.87. The molecule has 0 amide bonds. The summed E-state index contributed by atoms with van der Waals surface area (Å²) < 4.78 is 18.4. The number of ether oxygens (including phenoxy) is 1. The summed E-state index contributed by atoms with van der Waals surface area (Å²) in [4.78, 5) is 0. The van der Waals surface area contributed by atoms with Gasteiger partial charge in [-0.05, 0) is 25.3 Å². The number of aliphatic hydroxyl groups excluding tert-OH is 1. The van der Waals surface area contributed by atoms with E-state index in [-0.39, 0.29) is 11.4 Å². The van der Waals surface area contributed by atoms with E-state index in [2.05, 4.69) is 0 Å². The molecule has 17 heavy (non-hydrogen) atoms. The van der Waals surface area contributed by atoms with Crippen LogP contribution in [-0.2, 0) is 0 Å². The van der Waals surface area contributed by atoms with Gasteiger partial charge in [-0.3, -0.25) is 0 Å². The fraction of sp³-hybridized carbons (Fsp3) is 0.455. The third-order valence-electron chi connectivity index (χ3n) is 2.87. The van der Waals surface area contributed by atoms with Crippen molar-refractivity contribution in [3.63, 3.8) is 0 Å². The van der Waals surface area contributed by atoms with Crippen molar-refractivity contribution in [1.82, 2.24) is 0 Å². The second-order valence-corrected chi connectivity index (χ2v) is 4.10. The maximum absolute atomic E-state index is 13.0. The summed E-state index contributed by atoms with van der Waals surface area (Å²) in [6.07, 6.45) is 1.04. The molecule has 1 fully saturated rings. The molecule has 6 heteroatoms. The van der Waals surface area contributed by atoms with Gasteiger partial charge < -0.3 is 15.1 Å². The molecular formula is C11H14FNO4. The first-order valence-electron chi connectivity index (χ1n) is 5.45. The lowest BCUT2D eigenvalue weighted by molar-refractivity contribution is -0.991. The average Bonchev–Trinajstić information content (AvgIpc) is 2.64. The van der Waals surface area contributed by atoms with Crippen molar-refractivity contribution in [2.75, 3.05) is 0 Å². The van der Waals surface area contributed by atoms with Crippen LogP contribution in [0.4, 0.5) is 10.1 Å². The molecule has 1 unspecified atom stereocenters. The van der Waals surface area contributed by atoms with Crippen molar-refractivity contribution in [3.05, 3.63) is 29.2 Å². The molecule has 5 nitrogen and oxygen atoms in total. The maximum Gasteiger partial charge on any atom is 0.206 e. The lowest BCUT2D eigenvalue weighted by atomic mass is 10.2. The molecule has 2 rings (SSSR count). The zero-order chi connectivity index (χ0) is 12.4. The number of hydrogen-bond acceptors (Lipinski definition) is 4. The van der Waals surface area contributed by atoms with Crippen LogP contribution in [0.3, 0.4) is 0 Å². The summed E-state index contributed by atoms with van der Waals surface area (Å²) in [5, 5.41) is 28.3. The molecule has 0 bridgehead atoms. The molecule has 0 saturated heterocycles. The Morgan fingerprint density at radius 2 is 2.18 bits per heavy atom. The highest BCUT2D eigenvalue weighted by Gasteiger charge is 2.28. The van der Waals surface area contributed by atoms with Crippen LogP contribution in [0.1, 0.15) is 19.3 Å². The van der Waals surface area contributed by atoms with E-state index in [9.17, 15) is 14.7 Å². The number of nitrogens with one attached hydrogen (secondary N) is 1. The Balaban J connectivity index is 2.21. The largest absolute Gasteiger partial charge is 0.595 e. The SMILES string of the molecule is [O-][NH+](O)c1ccc(F)cc1O[C@@H]1CCC[C@@H]1O. The van der Waals surface area contributed by atoms with Crippen LogP contribution in [0, 0.1) is 11.0 Å². The van der Waals surface area contributed by atoms with Crippen molar-refractivity contribution in [2.24, 2.45) is 0 Å². The topological polar surface area (TPSA) is 77.2 Å². The van der Waals surface area contributed by atoms with Gasteiger partial charge in [0.25, 0.3) is 0 Å². The maximum atomic E-state index is 13.0. The number of rotatable bonds is 3. The van der Waals surface area contributed by atoms with Gasteiger partial charge in [-0.15, -0.1) is 0 Å². The van der Waals surface area contributed by atoms with Crippen LogP contribution in [0.25, 0.3) is 0 Å². The molecule has 0 heterocycles. The second kappa shape index (κ2) is 4.97. The van der Waals surface area contributed by atoms with Gasteiger partial charge in [-0.2, -0.15) is 5.23 Å². The number of hydrogen-bond donors (Lipinski definition) is 3. The van der Waals surface area contributed by atoms with Crippen molar-refractivity contribution in [2.45, 2.75) is 31.5 Å². The first-order chi connectivity index (χ1) is 8.08. The highest BCUT2D eigenvalue weighted by atomic mass is 19.1. The Labute approximate surface area is 97.6 Å². The van der Waals surface area contributed by atoms with Crippen LogP contribution in [0.5, 0.6) is 5.75 Å². The predicted octanol–water partition coefficient (Wildman–Crippen LogP) is 0.521. The minimum Gasteiger partial charge on any atom is -0.595 e. The molecule has 1 aliphatic rings. The number of aliphatic hydroxyl groups is 1. The molecule has 0 radical (unpaired) electrons. The van der Waals surface area contributed by atoms with Crippen LogP contribution in [-0.4, -0.2) is 22.5 Å². The second-order valence-electron chi connectivity index (χ2n) is 4.10. The van der Waals surface area contributed by atoms with Gasteiger partial charge >= 0.3 is 0 Å². The molecule has 1 aromatic rings. The van der Waals surface area contributed by atoms with Crippen molar-refractivity contribution < 1.29 is 24.7 Å². The normalized spacial score (nSPS) is 25.9. The van der Waals surface area contributed by atoms with E-state index in [0.29, 0.717) is 12.8 Å². The lowest BCUT2D eigenvalue weighted by Gasteiger charge is -2.20. The fourth-order valence-electron chi connectivity index (χ4n) is 1.98. The predicted molar refractivity (Wildman–Crippen MR) is 56.5 cm³/mol. The molecule has 1 aromatic carbocycles. The average molecular weight is 243 g/mol. The first kappa shape index (κ1) is 12.3. The molecule has 1 saturated carbocycles. The van der Waals surface area contributed by atoms with E-state index in [1.165, 1.54) is 0 Å². The Morgan fingerprint density at radius 3 is 2.76 bits per heavy atom. The summed E-state index contributed by atoms with van der Waals surface area (Å²) in [5.74, 6) is -0.582. The van der Waals surface area contributed by atoms with Crippen molar-refractivity contribution >= 4 is 5.69 Å². The molecule has 0 aromatic heterocycles. The lowest BCUT2D eigenvalue weighted by Crippen LogP contribution is -2.99. The number of benzene rings is 1. The molecular weight excluding hydrogens is 229 g/mol. The van der Waals surface area contributed by atoms with Gasteiger partial charge in [0, 0.05) is 12.1 Å². The van der Waals surface area contributed by atoms with E-state index in [4.69, 9.17) is 9.94 Å². The molecule has 0 aliphatic heterocycles. The highest BCUT2D eigenvalue weighted by molar-refractivity contribution is 5.45. The summed E-state index contributed by atoms with van der Waals surface area (Å²) in [5.41, 5.74) is -0.0921. The van der Waals surface area contributed by atoms with E-state index in [1.54, 1.807) is 0 Å². The van der Waals surface area contributed by atoms with E-state index < -0.39 is 23.3 Å². The van der Waals surface area contributed by atoms with Crippen molar-refractivity contribution in [1.29, 1.82) is 0 Å². The summed E-state index contributed by atoms with van der Waals surface area (Å²) >= 11 is 0. The Kier molecular flexibility index (Phi) is 3.58. The van der Waals surface area contributed by atoms with Crippen LogP contribution in [0.15, 0.2) is 18.2 Å². The van der Waals surface area contributed by atoms with Gasteiger partial charge in [0.05, 0.1) is 6.10 Å². The van der Waals surface area contributed by atoms with Crippen LogP contribution in [0.2, 0.25) is 0 Å². The van der Waals surface area contributed by atoms with Gasteiger partial charge in [-0.1, -0.05) is 0 Å². The zero-order valence-corrected chi connectivity index (χ0v) is 9.10. The minimum atomic E-state index is -1.17. The standard InChI is InChI=1S/C11H14FNO4/c12-7-4-5-8(13(15)16)11(6-7)17-10-3-1-2-9(10)14/h4-6,9-10,13-15H,1-3H2/t9-,10+/m0/s1. The fourth-order valence-corrected chi connectivity index (χ4v) is 1.98. The summed E-state index contributed by atoms with van der Waals surface area (Å²) in [6, 6.07) is 3.27. The van der Waals surface area contributed by atoms with Crippen LogP contribution < -0.4 is 9.96 Å². The highest BCUT2D eigenvalue weighted by Crippen LogP contribution is 2.28. The van der Waals surface area contributed by atoms with Gasteiger partial charge in [0.2, 0.25) is 5.69 Å². The van der Waals surface area contributed by atoms with Gasteiger partial charge in [0.15, 0.2) is 5.75 Å². The molecule has 3 N–H and O–H groups in total. The Hall–Kier alpha value is -1.21. The van der Waals surface area contributed by atoms with E-state index in [1.807, 2.05) is 0 Å². The summed E-state index contributed by atoms with van der Waals surface area (Å²) in [6.45, 7) is 0. The minimum absolute atomic E-state index is 0.0246. The van der Waals surface area contributed by atoms with Crippen molar-refractivity contribution in [3.8, 4) is 5.75 Å². The zero-order valence-electron chi connectivity index (χ0n) is 9.10. The quantitative estimate of drug-likeness (QED) is 0.676. The van der Waals surface area contributed by atoms with Gasteiger partial charge in [-0.25, -0.2) is 9.60 Å². The monoisotopic (exact) mass is 243 g/mol. The summed E-state index contributed by atoms with van der Waals surface area (Å²) in [7, 11) is 0. The first-order valence-corrected chi connectivity index (χ1v) is 5.45. The van der Waals surface area contributed by atoms with E-state index >= 15 is 0 Å². The van der Waals surface area contributed by atoms with Gasteiger partial charge in [0.1, 0.15) is 11.9 Å². The molecule has 1 aliphatic carbocycles. The molecule has 94 valence electrons. The Morgan fingerprint density at radius 1 is 1.41 bits per heavy atom. The number of halogens is 1. The van der Waals surface area contributed by atoms with E-state index in [0.717, 1.165) is 24.6 Å².